The van der Waals surface area contributed by atoms with Crippen molar-refractivity contribution in [1.29, 1.82) is 0 Å². The van der Waals surface area contributed by atoms with Crippen LogP contribution < -0.4 is 10.8 Å². The first-order valence-corrected chi connectivity index (χ1v) is 11.2. The van der Waals surface area contributed by atoms with Gasteiger partial charge in [0.15, 0.2) is 15.7 Å². The number of halogens is 2. The number of nitrogens with one attached hydrogen (secondary N) is 2. The summed E-state index contributed by atoms with van der Waals surface area (Å²) >= 11 is 0. The molecule has 2 aromatic heterocycles. The van der Waals surface area contributed by atoms with Crippen LogP contribution in [0.5, 0.6) is 0 Å². The molecule has 3 aromatic rings. The van der Waals surface area contributed by atoms with E-state index < -0.39 is 32.9 Å². The maximum absolute atomic E-state index is 14.5. The molecule has 166 valence electrons. The minimum Gasteiger partial charge on any atom is -0.336 e. The lowest BCUT2D eigenvalue weighted by atomic mass is 10.0. The lowest BCUT2D eigenvalue weighted by Crippen LogP contribution is -2.23. The molecule has 2 heterocycles. The van der Waals surface area contributed by atoms with Gasteiger partial charge in [0.2, 0.25) is 0 Å². The molecular formula is C19H21F2N5O4S. The van der Waals surface area contributed by atoms with Crippen molar-refractivity contribution in [1.82, 2.24) is 20.1 Å². The molecule has 0 unspecified atom stereocenters. The number of hydrogen-bond donors (Lipinski definition) is 2. The number of hydrogen-bond acceptors (Lipinski definition) is 7. The molecule has 1 amide bonds. The topological polar surface area (TPSA) is 115 Å². The fourth-order valence-electron chi connectivity index (χ4n) is 3.31. The molecule has 0 aliphatic carbocycles. The summed E-state index contributed by atoms with van der Waals surface area (Å²) in [6.07, 6.45) is 3.92. The Morgan fingerprint density at radius 1 is 1.26 bits per heavy atom. The monoisotopic (exact) mass is 453 g/mol. The van der Waals surface area contributed by atoms with Gasteiger partial charge in [-0.2, -0.15) is 5.10 Å². The largest absolute Gasteiger partial charge is 0.336 e. The van der Waals surface area contributed by atoms with Gasteiger partial charge in [-0.1, -0.05) is 13.8 Å². The SMILES string of the molecule is CONC(=O)c1cc(Nc2ncnn3cc(CS(C)(=O)=O)c(C(C)C)c23)c(F)cc1F. The van der Waals surface area contributed by atoms with Crippen LogP contribution in [0, 0.1) is 11.6 Å². The summed E-state index contributed by atoms with van der Waals surface area (Å²) in [6, 6.07) is 1.56. The number of rotatable bonds is 7. The Bertz CT molecular complexity index is 1260. The summed E-state index contributed by atoms with van der Waals surface area (Å²) in [5, 5.41) is 6.89. The summed E-state index contributed by atoms with van der Waals surface area (Å²) in [5.41, 5.74) is 3.00. The number of carbonyl (C=O) groups is 1. The smallest absolute Gasteiger partial charge is 0.277 e. The van der Waals surface area contributed by atoms with Crippen LogP contribution in [0.15, 0.2) is 24.7 Å². The maximum atomic E-state index is 14.5. The zero-order chi connectivity index (χ0) is 22.9. The Hall–Kier alpha value is -3.12. The molecule has 0 radical (unpaired) electrons. The summed E-state index contributed by atoms with van der Waals surface area (Å²) in [7, 11) is -2.14. The number of sulfone groups is 1. The van der Waals surface area contributed by atoms with Crippen LogP contribution in [-0.2, 0) is 20.4 Å². The van der Waals surface area contributed by atoms with Crippen LogP contribution in [0.2, 0.25) is 0 Å². The van der Waals surface area contributed by atoms with Gasteiger partial charge in [0.05, 0.1) is 24.1 Å². The molecule has 0 spiro atoms. The zero-order valence-electron chi connectivity index (χ0n) is 17.2. The number of aromatic nitrogens is 3. The van der Waals surface area contributed by atoms with Gasteiger partial charge in [-0.3, -0.25) is 9.63 Å². The number of benzene rings is 1. The second-order valence-corrected chi connectivity index (χ2v) is 9.41. The van der Waals surface area contributed by atoms with Crippen LogP contribution >= 0.6 is 0 Å². The number of fused-ring (bicyclic) bond motifs is 1. The van der Waals surface area contributed by atoms with Crippen LogP contribution in [-0.4, -0.2) is 42.3 Å². The maximum Gasteiger partial charge on any atom is 0.277 e. The van der Waals surface area contributed by atoms with Crippen LogP contribution in [0.3, 0.4) is 0 Å². The van der Waals surface area contributed by atoms with Crippen molar-refractivity contribution in [2.45, 2.75) is 25.5 Å². The van der Waals surface area contributed by atoms with E-state index in [4.69, 9.17) is 0 Å². The van der Waals surface area contributed by atoms with Crippen molar-refractivity contribution in [2.24, 2.45) is 0 Å². The van der Waals surface area contributed by atoms with Crippen molar-refractivity contribution in [3.63, 3.8) is 0 Å². The minimum atomic E-state index is -3.32. The predicted octanol–water partition coefficient (Wildman–Crippen LogP) is 2.71. The summed E-state index contributed by atoms with van der Waals surface area (Å²) in [5.74, 6) is -3.03. The van der Waals surface area contributed by atoms with Crippen LogP contribution in [0.25, 0.3) is 5.52 Å². The van der Waals surface area contributed by atoms with E-state index in [1.54, 1.807) is 6.20 Å². The van der Waals surface area contributed by atoms with Gasteiger partial charge >= 0.3 is 0 Å². The fourth-order valence-corrected chi connectivity index (χ4v) is 4.11. The van der Waals surface area contributed by atoms with Gasteiger partial charge in [-0.15, -0.1) is 0 Å². The van der Waals surface area contributed by atoms with E-state index in [1.807, 2.05) is 19.3 Å². The average molecular weight is 453 g/mol. The first-order valence-electron chi connectivity index (χ1n) is 9.14. The van der Waals surface area contributed by atoms with Gasteiger partial charge < -0.3 is 5.32 Å². The molecule has 12 heteroatoms. The van der Waals surface area contributed by atoms with E-state index in [-0.39, 0.29) is 23.2 Å². The molecule has 0 bridgehead atoms. The van der Waals surface area contributed by atoms with Crippen molar-refractivity contribution in [2.75, 3.05) is 18.7 Å². The van der Waals surface area contributed by atoms with Gasteiger partial charge in [0, 0.05) is 18.5 Å². The Kier molecular flexibility index (Phi) is 6.23. The Labute approximate surface area is 177 Å². The van der Waals surface area contributed by atoms with Crippen LogP contribution in [0.4, 0.5) is 20.3 Å². The van der Waals surface area contributed by atoms with Crippen molar-refractivity contribution < 1.29 is 26.8 Å². The number of hydroxylamine groups is 1. The predicted molar refractivity (Wildman–Crippen MR) is 110 cm³/mol. The van der Waals surface area contributed by atoms with Gasteiger partial charge in [-0.05, 0) is 23.1 Å². The number of carbonyl (C=O) groups excluding carboxylic acids is 1. The average Bonchev–Trinajstić information content (AvgIpc) is 3.01. The fraction of sp³-hybridized carbons (Fsp3) is 0.316. The molecule has 0 atom stereocenters. The van der Waals surface area contributed by atoms with Crippen molar-refractivity contribution in [3.8, 4) is 0 Å². The Morgan fingerprint density at radius 3 is 2.58 bits per heavy atom. The second-order valence-electron chi connectivity index (χ2n) is 7.27. The summed E-state index contributed by atoms with van der Waals surface area (Å²) in [6.45, 7) is 3.76. The van der Waals surface area contributed by atoms with Crippen molar-refractivity contribution >= 4 is 32.8 Å². The Balaban J connectivity index is 2.14. The van der Waals surface area contributed by atoms with Gasteiger partial charge in [0.1, 0.15) is 23.5 Å². The molecule has 1 aromatic carbocycles. The normalized spacial score (nSPS) is 11.8. The minimum absolute atomic E-state index is 0.102. The standard InChI is InChI=1S/C19H21F2N5O4S/c1-10(2)16-11(8-31(4,28)29)7-26-17(16)18(22-9-23-26)24-15-5-12(19(27)25-30-3)13(20)6-14(15)21/h5-7,9-10H,8H2,1-4H3,(H,25,27)(H,22,23,24). The van der Waals surface area contributed by atoms with Crippen molar-refractivity contribution in [3.05, 3.63) is 53.0 Å². The number of anilines is 2. The highest BCUT2D eigenvalue weighted by Gasteiger charge is 2.22. The first-order chi connectivity index (χ1) is 14.5. The summed E-state index contributed by atoms with van der Waals surface area (Å²) < 4.78 is 53.7. The molecule has 0 aliphatic rings. The molecule has 0 saturated carbocycles. The lowest BCUT2D eigenvalue weighted by Gasteiger charge is -2.13. The highest BCUT2D eigenvalue weighted by molar-refractivity contribution is 7.89. The van der Waals surface area contributed by atoms with Crippen LogP contribution in [0.1, 0.15) is 41.3 Å². The third-order valence-electron chi connectivity index (χ3n) is 4.44. The lowest BCUT2D eigenvalue weighted by molar-refractivity contribution is 0.0533. The molecule has 2 N–H and O–H groups in total. The molecule has 0 saturated heterocycles. The summed E-state index contributed by atoms with van der Waals surface area (Å²) in [4.78, 5) is 20.6. The van der Waals surface area contributed by atoms with E-state index in [2.05, 4.69) is 20.2 Å². The molecule has 0 fully saturated rings. The zero-order valence-corrected chi connectivity index (χ0v) is 18.0. The Morgan fingerprint density at radius 2 is 1.97 bits per heavy atom. The molecule has 0 aliphatic heterocycles. The molecule has 3 rings (SSSR count). The van der Waals surface area contributed by atoms with E-state index in [9.17, 15) is 22.0 Å². The third kappa shape index (κ3) is 4.80. The molecule has 9 nitrogen and oxygen atoms in total. The van der Waals surface area contributed by atoms with E-state index in [0.29, 0.717) is 22.7 Å². The quantitative estimate of drug-likeness (QED) is 0.529. The van der Waals surface area contributed by atoms with Gasteiger partial charge in [-0.25, -0.2) is 32.2 Å². The highest BCUT2D eigenvalue weighted by Crippen LogP contribution is 2.33. The third-order valence-corrected chi connectivity index (χ3v) is 5.28. The molecule has 31 heavy (non-hydrogen) atoms. The number of nitrogens with zero attached hydrogens (tertiary/aromatic N) is 3. The molecular weight excluding hydrogens is 432 g/mol. The van der Waals surface area contributed by atoms with E-state index in [1.165, 1.54) is 18.0 Å². The first kappa shape index (κ1) is 22.6. The highest BCUT2D eigenvalue weighted by atomic mass is 32.2. The van der Waals surface area contributed by atoms with Gasteiger partial charge in [0.25, 0.3) is 5.91 Å². The van der Waals surface area contributed by atoms with E-state index in [0.717, 1.165) is 12.3 Å². The number of amides is 1. The second kappa shape index (κ2) is 8.55. The van der Waals surface area contributed by atoms with E-state index >= 15 is 0 Å².